The van der Waals surface area contributed by atoms with Crippen LogP contribution in [-0.2, 0) is 6.42 Å². The van der Waals surface area contributed by atoms with Crippen molar-refractivity contribution in [3.63, 3.8) is 0 Å². The van der Waals surface area contributed by atoms with Crippen LogP contribution in [0.15, 0.2) is 158 Å². The minimum absolute atomic E-state index is 0.954. The Kier molecular flexibility index (Phi) is 5.85. The maximum absolute atomic E-state index is 2.40. The van der Waals surface area contributed by atoms with E-state index < -0.39 is 0 Å². The van der Waals surface area contributed by atoms with Crippen LogP contribution in [-0.4, -0.2) is 0 Å². The molecule has 0 aliphatic carbocycles. The lowest BCUT2D eigenvalue weighted by atomic mass is 9.90. The standard InChI is InChI=1S/C43H28S/c1-2-8-28(9-3-1)24-29-14-16-30(17-15-29)31-18-21-36-37-22-19-32(26-40(37)35-11-5-4-10-34(35)39(36)25-31)33-20-23-43-41(27-33)38-12-6-7-13-42(38)44-43/h1-23,25-27H,24H2. The van der Waals surface area contributed by atoms with E-state index in [0.29, 0.717) is 0 Å². The zero-order valence-electron chi connectivity index (χ0n) is 24.1. The topological polar surface area (TPSA) is 0 Å². The number of benzene rings is 8. The summed E-state index contributed by atoms with van der Waals surface area (Å²) in [5.74, 6) is 0. The van der Waals surface area contributed by atoms with Crippen LogP contribution in [0.1, 0.15) is 11.1 Å². The summed E-state index contributed by atoms with van der Waals surface area (Å²) >= 11 is 1.87. The van der Waals surface area contributed by atoms with E-state index in [4.69, 9.17) is 0 Å². The van der Waals surface area contributed by atoms with Gasteiger partial charge in [-0.1, -0.05) is 127 Å². The molecule has 0 unspecified atom stereocenters. The van der Waals surface area contributed by atoms with Crippen molar-refractivity contribution in [3.05, 3.63) is 169 Å². The van der Waals surface area contributed by atoms with Gasteiger partial charge < -0.3 is 0 Å². The zero-order chi connectivity index (χ0) is 29.0. The van der Waals surface area contributed by atoms with E-state index in [0.717, 1.165) is 6.42 Å². The Morgan fingerprint density at radius 1 is 0.295 bits per heavy atom. The van der Waals surface area contributed by atoms with Crippen LogP contribution in [0.3, 0.4) is 0 Å². The second-order valence-corrected chi connectivity index (χ2v) is 12.8. The minimum atomic E-state index is 0.954. The molecule has 0 atom stereocenters. The van der Waals surface area contributed by atoms with Gasteiger partial charge in [-0.2, -0.15) is 0 Å². The quantitative estimate of drug-likeness (QED) is 0.183. The molecule has 206 valence electrons. The van der Waals surface area contributed by atoms with E-state index in [1.165, 1.54) is 85.9 Å². The summed E-state index contributed by atoms with van der Waals surface area (Å²) in [5, 5.41) is 10.5. The number of hydrogen-bond acceptors (Lipinski definition) is 1. The fourth-order valence-electron chi connectivity index (χ4n) is 6.87. The molecule has 0 aliphatic rings. The van der Waals surface area contributed by atoms with E-state index in [1.54, 1.807) is 0 Å². The van der Waals surface area contributed by atoms with Crippen molar-refractivity contribution in [2.24, 2.45) is 0 Å². The predicted octanol–water partition coefficient (Wildman–Crippen LogP) is 12.4. The predicted molar refractivity (Wildman–Crippen MR) is 192 cm³/mol. The van der Waals surface area contributed by atoms with Gasteiger partial charge in [-0.15, -0.1) is 11.3 Å². The molecule has 9 aromatic rings. The number of fused-ring (bicyclic) bond motifs is 9. The summed E-state index contributed by atoms with van der Waals surface area (Å²) in [4.78, 5) is 0. The normalized spacial score (nSPS) is 11.7. The molecule has 0 fully saturated rings. The third-order valence-corrected chi connectivity index (χ3v) is 10.2. The SMILES string of the molecule is c1ccc(Cc2ccc(-c3ccc4c5ccc(-c6ccc7sc8ccccc8c7c6)cc5c5ccccc5c4c3)cc2)cc1. The number of hydrogen-bond donors (Lipinski definition) is 0. The summed E-state index contributed by atoms with van der Waals surface area (Å²) in [6, 6.07) is 58.3. The minimum Gasteiger partial charge on any atom is -0.135 e. The van der Waals surface area contributed by atoms with Crippen molar-refractivity contribution in [2.75, 3.05) is 0 Å². The van der Waals surface area contributed by atoms with Crippen molar-refractivity contribution in [3.8, 4) is 22.3 Å². The summed E-state index contributed by atoms with van der Waals surface area (Å²) in [6.45, 7) is 0. The van der Waals surface area contributed by atoms with E-state index in [-0.39, 0.29) is 0 Å². The van der Waals surface area contributed by atoms with Gasteiger partial charge in [-0.25, -0.2) is 0 Å². The van der Waals surface area contributed by atoms with Crippen molar-refractivity contribution in [1.82, 2.24) is 0 Å². The molecule has 0 bridgehead atoms. The first-order valence-electron chi connectivity index (χ1n) is 15.2. The average Bonchev–Trinajstić information content (AvgIpc) is 3.47. The van der Waals surface area contributed by atoms with Gasteiger partial charge in [0.15, 0.2) is 0 Å². The first-order valence-corrected chi connectivity index (χ1v) is 16.0. The van der Waals surface area contributed by atoms with Crippen LogP contribution >= 0.6 is 11.3 Å². The molecule has 0 spiro atoms. The van der Waals surface area contributed by atoms with Gasteiger partial charge in [0.1, 0.15) is 0 Å². The lowest BCUT2D eigenvalue weighted by Gasteiger charge is -2.14. The molecule has 9 rings (SSSR count). The van der Waals surface area contributed by atoms with Crippen LogP contribution in [0.25, 0.3) is 74.7 Å². The van der Waals surface area contributed by atoms with Crippen molar-refractivity contribution in [1.29, 1.82) is 0 Å². The molecule has 0 amide bonds. The first kappa shape index (κ1) is 25.3. The summed E-state index contributed by atoms with van der Waals surface area (Å²) in [6.07, 6.45) is 0.954. The molecule has 0 radical (unpaired) electrons. The highest BCUT2D eigenvalue weighted by Gasteiger charge is 2.12. The van der Waals surface area contributed by atoms with Gasteiger partial charge in [0.2, 0.25) is 0 Å². The van der Waals surface area contributed by atoms with Crippen LogP contribution in [0, 0.1) is 0 Å². The molecule has 44 heavy (non-hydrogen) atoms. The largest absolute Gasteiger partial charge is 0.135 e. The third kappa shape index (κ3) is 4.20. The zero-order valence-corrected chi connectivity index (χ0v) is 24.9. The maximum atomic E-state index is 2.40. The second-order valence-electron chi connectivity index (χ2n) is 11.7. The van der Waals surface area contributed by atoms with Crippen LogP contribution < -0.4 is 0 Å². The van der Waals surface area contributed by atoms with E-state index in [9.17, 15) is 0 Å². The molecule has 8 aromatic carbocycles. The third-order valence-electron chi connectivity index (χ3n) is 9.09. The molecular weight excluding hydrogens is 549 g/mol. The molecule has 1 heteroatoms. The van der Waals surface area contributed by atoms with Crippen LogP contribution in [0.2, 0.25) is 0 Å². The van der Waals surface area contributed by atoms with Crippen molar-refractivity contribution in [2.45, 2.75) is 6.42 Å². The molecule has 0 nitrogen and oxygen atoms in total. The molecule has 1 aromatic heterocycles. The summed E-state index contributed by atoms with van der Waals surface area (Å²) in [5.41, 5.74) is 7.69. The Bertz CT molecular complexity index is 2480. The summed E-state index contributed by atoms with van der Waals surface area (Å²) < 4.78 is 2.69. The van der Waals surface area contributed by atoms with Gasteiger partial charge >= 0.3 is 0 Å². The Morgan fingerprint density at radius 2 is 0.750 bits per heavy atom. The fraction of sp³-hybridized carbons (Fsp3) is 0.0233. The number of rotatable bonds is 4. The Labute approximate surface area is 260 Å². The van der Waals surface area contributed by atoms with E-state index in [2.05, 4.69) is 158 Å². The smallest absolute Gasteiger partial charge is 0.0355 e. The van der Waals surface area contributed by atoms with Crippen molar-refractivity contribution >= 4 is 63.8 Å². The molecule has 1 heterocycles. The van der Waals surface area contributed by atoms with Gasteiger partial charge in [-0.05, 0) is 102 Å². The molecule has 0 aliphatic heterocycles. The lowest BCUT2D eigenvalue weighted by molar-refractivity contribution is 1.19. The molecule has 0 N–H and O–H groups in total. The van der Waals surface area contributed by atoms with E-state index >= 15 is 0 Å². The monoisotopic (exact) mass is 576 g/mol. The Balaban J connectivity index is 1.16. The van der Waals surface area contributed by atoms with Crippen LogP contribution in [0.4, 0.5) is 0 Å². The fourth-order valence-corrected chi connectivity index (χ4v) is 7.95. The second kappa shape index (κ2) is 10.2. The van der Waals surface area contributed by atoms with Gasteiger partial charge in [0.05, 0.1) is 0 Å². The van der Waals surface area contributed by atoms with Crippen molar-refractivity contribution < 1.29 is 0 Å². The highest BCUT2D eigenvalue weighted by molar-refractivity contribution is 7.25. The lowest BCUT2D eigenvalue weighted by Crippen LogP contribution is -1.88. The van der Waals surface area contributed by atoms with E-state index in [1.807, 2.05) is 11.3 Å². The highest BCUT2D eigenvalue weighted by atomic mass is 32.1. The Hall–Kier alpha value is -5.24. The van der Waals surface area contributed by atoms with Gasteiger partial charge in [0.25, 0.3) is 0 Å². The highest BCUT2D eigenvalue weighted by Crippen LogP contribution is 2.40. The molecule has 0 saturated heterocycles. The molecular formula is C43H28S. The van der Waals surface area contributed by atoms with Gasteiger partial charge in [-0.3, -0.25) is 0 Å². The summed E-state index contributed by atoms with van der Waals surface area (Å²) in [7, 11) is 0. The van der Waals surface area contributed by atoms with Crippen LogP contribution in [0.5, 0.6) is 0 Å². The number of thiophene rings is 1. The van der Waals surface area contributed by atoms with Gasteiger partial charge in [0, 0.05) is 20.2 Å². The Morgan fingerprint density at radius 3 is 1.43 bits per heavy atom. The first-order chi connectivity index (χ1) is 21.8. The maximum Gasteiger partial charge on any atom is 0.0355 e. The average molecular weight is 577 g/mol. The molecule has 0 saturated carbocycles.